The smallest absolute Gasteiger partial charge is 0.279 e. The number of methoxy groups -OCH3 is 1. The van der Waals surface area contributed by atoms with E-state index >= 15 is 0 Å². The van der Waals surface area contributed by atoms with E-state index in [0.717, 1.165) is 23.1 Å². The van der Waals surface area contributed by atoms with Gasteiger partial charge in [0.2, 0.25) is 10.0 Å². The first-order valence-corrected chi connectivity index (χ1v) is 14.1. The van der Waals surface area contributed by atoms with Crippen LogP contribution >= 0.6 is 11.3 Å². The Labute approximate surface area is 210 Å². The Morgan fingerprint density at radius 3 is 2.34 bits per heavy atom. The molecule has 0 radical (unpaired) electrons. The molecule has 1 heterocycles. The van der Waals surface area contributed by atoms with Crippen LogP contribution in [0.1, 0.15) is 44.0 Å². The third-order valence-corrected chi connectivity index (χ3v) is 8.39. The molecule has 1 amide bonds. The second-order valence-corrected chi connectivity index (χ2v) is 10.8. The van der Waals surface area contributed by atoms with Gasteiger partial charge in [0.05, 0.1) is 23.3 Å². The Morgan fingerprint density at radius 1 is 1.06 bits per heavy atom. The molecule has 190 valence electrons. The lowest BCUT2D eigenvalue weighted by Gasteiger charge is -2.21. The minimum atomic E-state index is -3.61. The zero-order valence-corrected chi connectivity index (χ0v) is 22.3. The van der Waals surface area contributed by atoms with Crippen molar-refractivity contribution in [3.63, 3.8) is 0 Å². The molecule has 3 rings (SSSR count). The minimum absolute atomic E-state index is 0.175. The molecule has 0 spiro atoms. The predicted octanol–water partition coefficient (Wildman–Crippen LogP) is 4.30. The lowest BCUT2D eigenvalue weighted by atomic mass is 10.2. The van der Waals surface area contributed by atoms with E-state index in [-0.39, 0.29) is 4.90 Å². The molecule has 1 aromatic heterocycles. The minimum Gasteiger partial charge on any atom is -0.495 e. The molecule has 8 nitrogen and oxygen atoms in total. The Morgan fingerprint density at radius 2 is 1.74 bits per heavy atom. The summed E-state index contributed by atoms with van der Waals surface area (Å²) in [6.07, 6.45) is 1.47. The SMILES string of the molecule is CCCN(CCC)S(=O)(=O)c1ccc(C(=O)N=c2sc3cccc(OC)c3n2CCOCC)cc1. The number of rotatable bonds is 12. The highest BCUT2D eigenvalue weighted by molar-refractivity contribution is 7.89. The van der Waals surface area contributed by atoms with Crippen LogP contribution in [0.25, 0.3) is 10.2 Å². The number of para-hydroxylation sites is 1. The van der Waals surface area contributed by atoms with Gasteiger partial charge in [-0.3, -0.25) is 4.79 Å². The van der Waals surface area contributed by atoms with E-state index < -0.39 is 15.9 Å². The number of benzene rings is 2. The Hall–Kier alpha value is -2.53. The van der Waals surface area contributed by atoms with E-state index in [4.69, 9.17) is 9.47 Å². The van der Waals surface area contributed by atoms with Crippen LogP contribution in [-0.4, -0.2) is 56.6 Å². The van der Waals surface area contributed by atoms with Gasteiger partial charge in [0, 0.05) is 31.8 Å². The number of fused-ring (bicyclic) bond motifs is 1. The molecular weight excluding hydrogens is 486 g/mol. The van der Waals surface area contributed by atoms with Crippen molar-refractivity contribution in [3.05, 3.63) is 52.8 Å². The molecule has 0 atom stereocenters. The van der Waals surface area contributed by atoms with Gasteiger partial charge in [0.15, 0.2) is 4.80 Å². The monoisotopic (exact) mass is 519 g/mol. The van der Waals surface area contributed by atoms with Crippen molar-refractivity contribution in [2.75, 3.05) is 33.4 Å². The number of carbonyl (C=O) groups excluding carboxylic acids is 1. The van der Waals surface area contributed by atoms with Crippen LogP contribution < -0.4 is 9.54 Å². The number of nitrogens with zero attached hydrogens (tertiary/aromatic N) is 3. The van der Waals surface area contributed by atoms with Crippen LogP contribution in [0.2, 0.25) is 0 Å². The van der Waals surface area contributed by atoms with Crippen molar-refractivity contribution in [1.29, 1.82) is 0 Å². The highest BCUT2D eigenvalue weighted by atomic mass is 32.2. The van der Waals surface area contributed by atoms with Gasteiger partial charge < -0.3 is 14.0 Å². The van der Waals surface area contributed by atoms with Gasteiger partial charge in [-0.2, -0.15) is 9.30 Å². The first kappa shape index (κ1) is 27.1. The van der Waals surface area contributed by atoms with Gasteiger partial charge in [-0.05, 0) is 56.2 Å². The molecule has 0 N–H and O–H groups in total. The molecule has 0 unspecified atom stereocenters. The second-order valence-electron chi connectivity index (χ2n) is 7.89. The van der Waals surface area contributed by atoms with E-state index in [1.807, 2.05) is 43.5 Å². The van der Waals surface area contributed by atoms with Gasteiger partial charge >= 0.3 is 0 Å². The molecular formula is C25H33N3O5S2. The van der Waals surface area contributed by atoms with Crippen molar-refractivity contribution >= 4 is 37.5 Å². The topological polar surface area (TPSA) is 90.2 Å². The zero-order valence-electron chi connectivity index (χ0n) is 20.7. The third-order valence-electron chi connectivity index (χ3n) is 5.43. The summed E-state index contributed by atoms with van der Waals surface area (Å²) in [5.41, 5.74) is 1.18. The van der Waals surface area contributed by atoms with Gasteiger partial charge in [-0.25, -0.2) is 8.42 Å². The summed E-state index contributed by atoms with van der Waals surface area (Å²) in [6, 6.07) is 11.7. The van der Waals surface area contributed by atoms with E-state index in [9.17, 15) is 13.2 Å². The molecule has 0 aliphatic carbocycles. The largest absolute Gasteiger partial charge is 0.495 e. The zero-order chi connectivity index (χ0) is 25.4. The maximum Gasteiger partial charge on any atom is 0.279 e. The average molecular weight is 520 g/mol. The summed E-state index contributed by atoms with van der Waals surface area (Å²) >= 11 is 1.39. The summed E-state index contributed by atoms with van der Waals surface area (Å²) in [5.74, 6) is 0.256. The standard InChI is InChI=1S/C25H33N3O5S2/c1-5-15-27(16-6-2)35(30,31)20-13-11-19(12-14-20)24(29)26-25-28(17-18-33-7-3)23-21(32-4)9-8-10-22(23)34-25/h8-14H,5-7,15-18H2,1-4H3. The number of hydrogen-bond acceptors (Lipinski definition) is 6. The van der Waals surface area contributed by atoms with Crippen molar-refractivity contribution < 1.29 is 22.7 Å². The van der Waals surface area contributed by atoms with Gasteiger partial charge in [0.1, 0.15) is 11.3 Å². The molecule has 0 aliphatic rings. The fourth-order valence-corrected chi connectivity index (χ4v) is 6.47. The van der Waals surface area contributed by atoms with E-state index in [1.165, 1.54) is 39.9 Å². The van der Waals surface area contributed by atoms with Crippen molar-refractivity contribution in [2.24, 2.45) is 4.99 Å². The lowest BCUT2D eigenvalue weighted by molar-refractivity contribution is 0.0996. The molecule has 35 heavy (non-hydrogen) atoms. The van der Waals surface area contributed by atoms with E-state index in [0.29, 0.717) is 49.0 Å². The highest BCUT2D eigenvalue weighted by Gasteiger charge is 2.23. The molecule has 10 heteroatoms. The number of aromatic nitrogens is 1. The number of thiazole rings is 1. The number of amides is 1. The fourth-order valence-electron chi connectivity index (χ4n) is 3.78. The quantitative estimate of drug-likeness (QED) is 0.333. The highest BCUT2D eigenvalue weighted by Crippen LogP contribution is 2.27. The van der Waals surface area contributed by atoms with Crippen LogP contribution in [0.15, 0.2) is 52.4 Å². The van der Waals surface area contributed by atoms with Crippen LogP contribution in [0.3, 0.4) is 0 Å². The van der Waals surface area contributed by atoms with Gasteiger partial charge in [-0.1, -0.05) is 31.3 Å². The Balaban J connectivity index is 1.97. The molecule has 0 saturated carbocycles. The van der Waals surface area contributed by atoms with Gasteiger partial charge in [0.25, 0.3) is 5.91 Å². The average Bonchev–Trinajstić information content (AvgIpc) is 3.21. The molecule has 0 fully saturated rings. The van der Waals surface area contributed by atoms with Crippen molar-refractivity contribution in [3.8, 4) is 5.75 Å². The van der Waals surface area contributed by atoms with Crippen LogP contribution in [0.4, 0.5) is 0 Å². The molecule has 0 bridgehead atoms. The Kier molecular flexibility index (Phi) is 9.62. The van der Waals surface area contributed by atoms with Crippen LogP contribution in [-0.2, 0) is 21.3 Å². The summed E-state index contributed by atoms with van der Waals surface area (Å²) in [6.45, 7) is 8.33. The van der Waals surface area contributed by atoms with Crippen LogP contribution in [0, 0.1) is 0 Å². The number of sulfonamides is 1. The lowest BCUT2D eigenvalue weighted by Crippen LogP contribution is -2.32. The number of carbonyl (C=O) groups is 1. The summed E-state index contributed by atoms with van der Waals surface area (Å²) in [4.78, 5) is 18.1. The molecule has 0 saturated heterocycles. The molecule has 3 aromatic rings. The number of hydrogen-bond donors (Lipinski definition) is 0. The van der Waals surface area contributed by atoms with E-state index in [1.54, 1.807) is 7.11 Å². The van der Waals surface area contributed by atoms with Crippen molar-refractivity contribution in [2.45, 2.75) is 45.1 Å². The summed E-state index contributed by atoms with van der Waals surface area (Å²) in [7, 11) is -2.00. The predicted molar refractivity (Wildman–Crippen MR) is 139 cm³/mol. The Bertz CT molecular complexity index is 1310. The first-order chi connectivity index (χ1) is 16.9. The number of ether oxygens (including phenoxy) is 2. The maximum absolute atomic E-state index is 13.0. The summed E-state index contributed by atoms with van der Waals surface area (Å²) in [5, 5.41) is 0. The normalized spacial score (nSPS) is 12.5. The molecule has 2 aromatic carbocycles. The van der Waals surface area contributed by atoms with E-state index in [2.05, 4.69) is 4.99 Å². The van der Waals surface area contributed by atoms with Crippen molar-refractivity contribution in [1.82, 2.24) is 8.87 Å². The molecule has 0 aliphatic heterocycles. The second kappa shape index (κ2) is 12.4. The first-order valence-electron chi connectivity index (χ1n) is 11.8. The third kappa shape index (κ3) is 6.19. The summed E-state index contributed by atoms with van der Waals surface area (Å²) < 4.78 is 41.4. The van der Waals surface area contributed by atoms with Crippen LogP contribution in [0.5, 0.6) is 5.75 Å². The maximum atomic E-state index is 13.0. The fraction of sp³-hybridized carbons (Fsp3) is 0.440. The van der Waals surface area contributed by atoms with Gasteiger partial charge in [-0.15, -0.1) is 0 Å².